The molecule has 1 aliphatic rings. The van der Waals surface area contributed by atoms with E-state index in [1.165, 1.54) is 23.5 Å². The maximum absolute atomic E-state index is 12.3. The van der Waals surface area contributed by atoms with Gasteiger partial charge in [-0.3, -0.25) is 10.1 Å². The molecule has 7 nitrogen and oxygen atoms in total. The van der Waals surface area contributed by atoms with Crippen LogP contribution in [0.25, 0.3) is 0 Å². The number of carbonyl (C=O) groups is 1. The molecule has 0 unspecified atom stereocenters. The Bertz CT molecular complexity index is 846. The van der Waals surface area contributed by atoms with Crippen LogP contribution < -0.4 is 10.0 Å². The van der Waals surface area contributed by atoms with Crippen LogP contribution in [0.4, 0.5) is 5.13 Å². The minimum absolute atomic E-state index is 0.0170. The molecule has 128 valence electrons. The molecular formula is C14H16N4O3S3. The van der Waals surface area contributed by atoms with Gasteiger partial charge in [0, 0.05) is 11.6 Å². The number of amides is 1. The smallest absolute Gasteiger partial charge is 0.257 e. The molecule has 3 rings (SSSR count). The Balaban J connectivity index is 1.73. The summed E-state index contributed by atoms with van der Waals surface area (Å²) in [6.07, 6.45) is 1.71. The van der Waals surface area contributed by atoms with E-state index in [0.29, 0.717) is 5.13 Å². The van der Waals surface area contributed by atoms with Crippen molar-refractivity contribution in [3.05, 3.63) is 29.8 Å². The predicted molar refractivity (Wildman–Crippen MR) is 94.0 cm³/mol. The van der Waals surface area contributed by atoms with Crippen LogP contribution in [0.1, 0.15) is 30.1 Å². The van der Waals surface area contributed by atoms with E-state index in [0.717, 1.165) is 22.9 Å². The molecule has 0 atom stereocenters. The number of rotatable bonds is 7. The van der Waals surface area contributed by atoms with E-state index in [2.05, 4.69) is 20.2 Å². The van der Waals surface area contributed by atoms with Crippen molar-refractivity contribution in [3.63, 3.8) is 0 Å². The Kier molecular flexibility index (Phi) is 5.18. The zero-order chi connectivity index (χ0) is 17.2. The monoisotopic (exact) mass is 384 g/mol. The second-order valence-electron chi connectivity index (χ2n) is 5.18. The molecule has 0 radical (unpaired) electrons. The van der Waals surface area contributed by atoms with Crippen molar-refractivity contribution >= 4 is 44.2 Å². The van der Waals surface area contributed by atoms with Gasteiger partial charge in [-0.15, -0.1) is 10.2 Å². The van der Waals surface area contributed by atoms with Gasteiger partial charge in [0.15, 0.2) is 4.34 Å². The molecule has 1 fully saturated rings. The summed E-state index contributed by atoms with van der Waals surface area (Å²) in [6.45, 7) is 2.01. The molecular weight excluding hydrogens is 368 g/mol. The summed E-state index contributed by atoms with van der Waals surface area (Å²) in [7, 11) is -3.59. The topological polar surface area (TPSA) is 101 Å². The highest BCUT2D eigenvalue weighted by atomic mass is 32.2. The van der Waals surface area contributed by atoms with E-state index in [-0.39, 0.29) is 16.5 Å². The van der Waals surface area contributed by atoms with Gasteiger partial charge in [-0.25, -0.2) is 13.1 Å². The van der Waals surface area contributed by atoms with Crippen LogP contribution in [0.3, 0.4) is 0 Å². The minimum Gasteiger partial charge on any atom is -0.296 e. The van der Waals surface area contributed by atoms with Gasteiger partial charge >= 0.3 is 0 Å². The third-order valence-corrected chi connectivity index (χ3v) is 6.57. The highest BCUT2D eigenvalue weighted by Gasteiger charge is 2.28. The Hall–Kier alpha value is -1.49. The van der Waals surface area contributed by atoms with Crippen LogP contribution in [0.15, 0.2) is 33.5 Å². The zero-order valence-corrected chi connectivity index (χ0v) is 15.3. The maximum Gasteiger partial charge on any atom is 0.257 e. The van der Waals surface area contributed by atoms with E-state index in [1.807, 2.05) is 6.92 Å². The Morgan fingerprint density at radius 2 is 2.17 bits per heavy atom. The summed E-state index contributed by atoms with van der Waals surface area (Å²) in [5, 5.41) is 10.9. The average Bonchev–Trinajstić information content (AvgIpc) is 3.25. The third kappa shape index (κ3) is 4.32. The van der Waals surface area contributed by atoms with Gasteiger partial charge in [0.05, 0.1) is 4.90 Å². The van der Waals surface area contributed by atoms with E-state index < -0.39 is 15.9 Å². The molecule has 1 aliphatic carbocycles. The van der Waals surface area contributed by atoms with Gasteiger partial charge in [0.1, 0.15) is 0 Å². The van der Waals surface area contributed by atoms with Gasteiger partial charge in [-0.1, -0.05) is 36.1 Å². The van der Waals surface area contributed by atoms with Crippen molar-refractivity contribution in [2.24, 2.45) is 0 Å². The fraction of sp³-hybridized carbons (Fsp3) is 0.357. The van der Waals surface area contributed by atoms with Gasteiger partial charge in [-0.2, -0.15) is 0 Å². The summed E-state index contributed by atoms with van der Waals surface area (Å²) in [5.41, 5.74) is 0.258. The largest absolute Gasteiger partial charge is 0.296 e. The van der Waals surface area contributed by atoms with Gasteiger partial charge in [-0.05, 0) is 36.8 Å². The molecule has 2 aromatic rings. The molecule has 1 saturated carbocycles. The quantitative estimate of drug-likeness (QED) is 0.561. The Labute approximate surface area is 148 Å². The number of aromatic nitrogens is 2. The molecule has 0 spiro atoms. The Morgan fingerprint density at radius 1 is 1.38 bits per heavy atom. The second-order valence-corrected chi connectivity index (χ2v) is 9.39. The molecule has 1 aromatic heterocycles. The van der Waals surface area contributed by atoms with Crippen LogP contribution in [0.2, 0.25) is 0 Å². The number of anilines is 1. The predicted octanol–water partition coefficient (Wildman–Crippen LogP) is 2.34. The minimum atomic E-state index is -3.59. The lowest BCUT2D eigenvalue weighted by Crippen LogP contribution is -2.26. The van der Waals surface area contributed by atoms with E-state index >= 15 is 0 Å². The van der Waals surface area contributed by atoms with Gasteiger partial charge in [0.25, 0.3) is 5.91 Å². The molecule has 1 amide bonds. The van der Waals surface area contributed by atoms with Crippen molar-refractivity contribution in [2.75, 3.05) is 11.1 Å². The van der Waals surface area contributed by atoms with Crippen molar-refractivity contribution in [1.82, 2.24) is 14.9 Å². The number of nitrogens with one attached hydrogen (secondary N) is 2. The van der Waals surface area contributed by atoms with Crippen molar-refractivity contribution in [1.29, 1.82) is 0 Å². The number of hydrogen-bond donors (Lipinski definition) is 2. The average molecular weight is 385 g/mol. The first-order valence-corrected chi connectivity index (χ1v) is 10.7. The summed E-state index contributed by atoms with van der Waals surface area (Å²) in [4.78, 5) is 12.4. The number of hydrogen-bond acceptors (Lipinski definition) is 7. The summed E-state index contributed by atoms with van der Waals surface area (Å²) in [5.74, 6) is 0.457. The molecule has 1 heterocycles. The SMILES string of the molecule is CCSc1nnc(NC(=O)c2cccc(S(=O)(=O)NC3CC3)c2)s1. The molecule has 2 N–H and O–H groups in total. The number of thioether (sulfide) groups is 1. The molecule has 0 saturated heterocycles. The Morgan fingerprint density at radius 3 is 2.88 bits per heavy atom. The molecule has 0 bridgehead atoms. The van der Waals surface area contributed by atoms with E-state index in [9.17, 15) is 13.2 Å². The van der Waals surface area contributed by atoms with E-state index in [4.69, 9.17) is 0 Å². The summed E-state index contributed by atoms with van der Waals surface area (Å²) in [6, 6.07) is 5.97. The lowest BCUT2D eigenvalue weighted by Gasteiger charge is -2.07. The summed E-state index contributed by atoms with van der Waals surface area (Å²) >= 11 is 2.83. The first kappa shape index (κ1) is 17.3. The molecule has 24 heavy (non-hydrogen) atoms. The normalized spacial score (nSPS) is 14.5. The molecule has 0 aliphatic heterocycles. The highest BCUT2D eigenvalue weighted by Crippen LogP contribution is 2.26. The summed E-state index contributed by atoms with van der Waals surface area (Å²) < 4.78 is 27.8. The first-order chi connectivity index (χ1) is 11.5. The van der Waals surface area contributed by atoms with Gasteiger partial charge < -0.3 is 0 Å². The number of sulfonamides is 1. The third-order valence-electron chi connectivity index (χ3n) is 3.20. The molecule has 1 aromatic carbocycles. The number of benzene rings is 1. The number of nitrogens with zero attached hydrogens (tertiary/aromatic N) is 2. The molecule has 10 heteroatoms. The zero-order valence-electron chi connectivity index (χ0n) is 12.9. The van der Waals surface area contributed by atoms with Crippen molar-refractivity contribution < 1.29 is 13.2 Å². The van der Waals surface area contributed by atoms with Crippen LogP contribution in [-0.4, -0.2) is 36.3 Å². The maximum atomic E-state index is 12.3. The second kappa shape index (κ2) is 7.18. The first-order valence-electron chi connectivity index (χ1n) is 7.38. The van der Waals surface area contributed by atoms with Crippen molar-refractivity contribution in [2.45, 2.75) is 35.0 Å². The van der Waals surface area contributed by atoms with Gasteiger partial charge in [0.2, 0.25) is 15.2 Å². The lowest BCUT2D eigenvalue weighted by molar-refractivity contribution is 0.102. The fourth-order valence-electron chi connectivity index (χ4n) is 1.90. The van der Waals surface area contributed by atoms with Crippen molar-refractivity contribution in [3.8, 4) is 0 Å². The van der Waals surface area contributed by atoms with Crippen LogP contribution in [0.5, 0.6) is 0 Å². The van der Waals surface area contributed by atoms with Crippen LogP contribution in [0, 0.1) is 0 Å². The van der Waals surface area contributed by atoms with Crippen LogP contribution >= 0.6 is 23.1 Å². The fourth-order valence-corrected chi connectivity index (χ4v) is 4.90. The highest BCUT2D eigenvalue weighted by molar-refractivity contribution is 8.01. The standard InChI is InChI=1S/C14H16N4O3S3/c1-2-22-14-17-16-13(23-14)15-12(19)9-4-3-5-11(8-9)24(20,21)18-10-6-7-10/h3-5,8,10,18H,2,6-7H2,1H3,(H,15,16,19). The van der Waals surface area contributed by atoms with E-state index in [1.54, 1.807) is 23.9 Å². The van der Waals surface area contributed by atoms with Crippen LogP contribution in [-0.2, 0) is 10.0 Å². The lowest BCUT2D eigenvalue weighted by atomic mass is 10.2. The number of carbonyl (C=O) groups excluding carboxylic acids is 1.